The summed E-state index contributed by atoms with van der Waals surface area (Å²) in [5.41, 5.74) is 2.35. The maximum Gasteiger partial charge on any atom is 0.301 e. The van der Waals surface area contributed by atoms with E-state index in [1.165, 1.54) is 35.5 Å². The van der Waals surface area contributed by atoms with E-state index in [2.05, 4.69) is 4.98 Å². The minimum Gasteiger partial charge on any atom is -0.507 e. The molecule has 4 aromatic rings. The highest BCUT2D eigenvalue weighted by Crippen LogP contribution is 2.46. The number of aromatic nitrogens is 1. The molecular weight excluding hydrogens is 508 g/mol. The van der Waals surface area contributed by atoms with E-state index < -0.39 is 17.7 Å². The Morgan fingerprint density at radius 1 is 1.05 bits per heavy atom. The monoisotopic (exact) mass is 530 g/mol. The van der Waals surface area contributed by atoms with Crippen LogP contribution < -0.4 is 19.1 Å². The number of phenolic OH excluding ortho intramolecular Hbond substituents is 1. The van der Waals surface area contributed by atoms with Gasteiger partial charge in [0.05, 0.1) is 28.9 Å². The molecule has 0 saturated carbocycles. The third-order valence-corrected chi connectivity index (χ3v) is 7.54. The Hall–Kier alpha value is -4.57. The van der Waals surface area contributed by atoms with Crippen molar-refractivity contribution in [3.05, 3.63) is 76.9 Å². The van der Waals surface area contributed by atoms with Gasteiger partial charge in [0.1, 0.15) is 19.0 Å². The smallest absolute Gasteiger partial charge is 0.301 e. The molecular formula is C28H22N2O7S. The first kappa shape index (κ1) is 23.8. The molecule has 0 bridgehead atoms. The Morgan fingerprint density at radius 2 is 1.84 bits per heavy atom. The van der Waals surface area contributed by atoms with E-state index in [0.717, 1.165) is 10.3 Å². The Bertz CT molecular complexity index is 1660. The minimum absolute atomic E-state index is 0.101. The van der Waals surface area contributed by atoms with E-state index in [9.17, 15) is 19.8 Å². The highest BCUT2D eigenvalue weighted by molar-refractivity contribution is 7.22. The summed E-state index contributed by atoms with van der Waals surface area (Å²) in [5, 5.41) is 21.9. The number of thiazole rings is 1. The van der Waals surface area contributed by atoms with Crippen LogP contribution in [0.2, 0.25) is 0 Å². The summed E-state index contributed by atoms with van der Waals surface area (Å²) in [7, 11) is 1.40. The average molecular weight is 531 g/mol. The highest BCUT2D eigenvalue weighted by atomic mass is 32.1. The van der Waals surface area contributed by atoms with Gasteiger partial charge in [-0.25, -0.2) is 4.98 Å². The maximum absolute atomic E-state index is 13.5. The van der Waals surface area contributed by atoms with Gasteiger partial charge in [0.2, 0.25) is 0 Å². The second-order valence-electron chi connectivity index (χ2n) is 8.93. The van der Waals surface area contributed by atoms with E-state index in [1.54, 1.807) is 24.3 Å². The molecule has 0 aliphatic carbocycles. The summed E-state index contributed by atoms with van der Waals surface area (Å²) >= 11 is 1.27. The topological polar surface area (TPSA) is 118 Å². The lowest BCUT2D eigenvalue weighted by atomic mass is 9.95. The van der Waals surface area contributed by atoms with Crippen molar-refractivity contribution in [2.75, 3.05) is 25.2 Å². The second kappa shape index (κ2) is 9.07. The SMILES string of the molecule is COc1cc(C2/C(=C(\O)c3ccc4c(c3)OCCO4)C(=O)C(=O)N2c2nc3ccc(C)cc3s2)ccc1O. The third-order valence-electron chi connectivity index (χ3n) is 6.52. The van der Waals surface area contributed by atoms with Gasteiger partial charge < -0.3 is 24.4 Å². The predicted molar refractivity (Wildman–Crippen MR) is 141 cm³/mol. The molecule has 6 rings (SSSR count). The average Bonchev–Trinajstić information content (AvgIpc) is 3.45. The maximum atomic E-state index is 13.5. The number of phenols is 1. The summed E-state index contributed by atoms with van der Waals surface area (Å²) in [6.45, 7) is 2.72. The van der Waals surface area contributed by atoms with Crippen molar-refractivity contribution in [3.8, 4) is 23.0 Å². The van der Waals surface area contributed by atoms with Crippen LogP contribution in [0.1, 0.15) is 22.7 Å². The lowest BCUT2D eigenvalue weighted by Crippen LogP contribution is -2.29. The van der Waals surface area contributed by atoms with Crippen molar-refractivity contribution in [2.45, 2.75) is 13.0 Å². The number of carbonyl (C=O) groups excluding carboxylic acids is 2. The molecule has 1 aromatic heterocycles. The number of aryl methyl sites for hydroxylation is 1. The molecule has 0 spiro atoms. The highest BCUT2D eigenvalue weighted by Gasteiger charge is 2.48. The lowest BCUT2D eigenvalue weighted by molar-refractivity contribution is -0.132. The Kier molecular flexibility index (Phi) is 5.68. The van der Waals surface area contributed by atoms with Crippen LogP contribution in [0.5, 0.6) is 23.0 Å². The normalized spacial score (nSPS) is 18.3. The van der Waals surface area contributed by atoms with Gasteiger partial charge in [0.25, 0.3) is 5.78 Å². The number of aliphatic hydroxyl groups is 1. The number of fused-ring (bicyclic) bond motifs is 2. The quantitative estimate of drug-likeness (QED) is 0.221. The number of anilines is 1. The van der Waals surface area contributed by atoms with E-state index >= 15 is 0 Å². The number of methoxy groups -OCH3 is 1. The standard InChI is InChI=1S/C28H22N2O7S/c1-14-3-6-17-22(11-14)38-28(29-17)30-24(15-4-7-18(31)20(12-15)35-2)23(26(33)27(30)34)25(32)16-5-8-19-21(13-16)37-10-9-36-19/h3-8,11-13,24,31-32H,9-10H2,1-2H3/b25-23+. The number of hydrogen-bond acceptors (Lipinski definition) is 9. The van der Waals surface area contributed by atoms with Gasteiger partial charge in [0.15, 0.2) is 28.1 Å². The van der Waals surface area contributed by atoms with Gasteiger partial charge in [-0.3, -0.25) is 14.5 Å². The van der Waals surface area contributed by atoms with Crippen LogP contribution in [-0.2, 0) is 9.59 Å². The van der Waals surface area contributed by atoms with E-state index in [4.69, 9.17) is 14.2 Å². The van der Waals surface area contributed by atoms with Crippen LogP contribution in [0.15, 0.2) is 60.2 Å². The van der Waals surface area contributed by atoms with Crippen molar-refractivity contribution in [3.63, 3.8) is 0 Å². The summed E-state index contributed by atoms with van der Waals surface area (Å²) in [6, 6.07) is 14.1. The third kappa shape index (κ3) is 3.81. The molecule has 2 aliphatic rings. The summed E-state index contributed by atoms with van der Waals surface area (Å²) in [5.74, 6) is -1.03. The molecule has 38 heavy (non-hydrogen) atoms. The molecule has 9 nitrogen and oxygen atoms in total. The molecule has 10 heteroatoms. The zero-order valence-corrected chi connectivity index (χ0v) is 21.2. The first-order chi connectivity index (χ1) is 18.4. The second-order valence-corrected chi connectivity index (χ2v) is 9.94. The minimum atomic E-state index is -1.03. The van der Waals surface area contributed by atoms with E-state index in [-0.39, 0.29) is 22.8 Å². The van der Waals surface area contributed by atoms with Gasteiger partial charge in [-0.1, -0.05) is 23.5 Å². The number of carbonyl (C=O) groups is 2. The van der Waals surface area contributed by atoms with E-state index in [0.29, 0.717) is 46.5 Å². The van der Waals surface area contributed by atoms with Crippen molar-refractivity contribution < 1.29 is 34.0 Å². The van der Waals surface area contributed by atoms with Crippen molar-refractivity contribution in [1.29, 1.82) is 0 Å². The molecule has 2 N–H and O–H groups in total. The molecule has 1 unspecified atom stereocenters. The first-order valence-electron chi connectivity index (χ1n) is 11.8. The molecule has 1 fully saturated rings. The van der Waals surface area contributed by atoms with Crippen LogP contribution in [0.3, 0.4) is 0 Å². The van der Waals surface area contributed by atoms with Crippen LogP contribution >= 0.6 is 11.3 Å². The fraction of sp³-hybridized carbons (Fsp3) is 0.179. The fourth-order valence-corrected chi connectivity index (χ4v) is 5.77. The van der Waals surface area contributed by atoms with E-state index in [1.807, 2.05) is 25.1 Å². The van der Waals surface area contributed by atoms with Gasteiger partial charge in [0, 0.05) is 5.56 Å². The molecule has 0 radical (unpaired) electrons. The van der Waals surface area contributed by atoms with Crippen molar-refractivity contribution >= 4 is 44.1 Å². The predicted octanol–water partition coefficient (Wildman–Crippen LogP) is 4.72. The van der Waals surface area contributed by atoms with Crippen molar-refractivity contribution in [1.82, 2.24) is 4.98 Å². The number of nitrogens with zero attached hydrogens (tertiary/aromatic N) is 2. The number of rotatable bonds is 4. The largest absolute Gasteiger partial charge is 0.507 e. The molecule has 3 heterocycles. The lowest BCUT2D eigenvalue weighted by Gasteiger charge is -2.24. The van der Waals surface area contributed by atoms with Crippen molar-refractivity contribution in [2.24, 2.45) is 0 Å². The number of Topliss-reactive ketones (excluding diaryl/α,β-unsaturated/α-hetero) is 1. The Labute approximate surface area is 221 Å². The number of amides is 1. The van der Waals surface area contributed by atoms with Gasteiger partial charge in [-0.15, -0.1) is 0 Å². The molecule has 3 aromatic carbocycles. The van der Waals surface area contributed by atoms with Gasteiger partial charge in [-0.2, -0.15) is 0 Å². The van der Waals surface area contributed by atoms with Crippen LogP contribution in [0.4, 0.5) is 5.13 Å². The zero-order chi connectivity index (χ0) is 26.6. The number of hydrogen-bond donors (Lipinski definition) is 2. The molecule has 192 valence electrons. The number of benzene rings is 3. The molecule has 2 aliphatic heterocycles. The van der Waals surface area contributed by atoms with Gasteiger partial charge in [-0.05, 0) is 60.5 Å². The zero-order valence-electron chi connectivity index (χ0n) is 20.4. The number of ketones is 1. The number of ether oxygens (including phenoxy) is 3. The molecule has 1 atom stereocenters. The van der Waals surface area contributed by atoms with Crippen LogP contribution in [0, 0.1) is 6.92 Å². The first-order valence-corrected chi connectivity index (χ1v) is 12.6. The Balaban J connectivity index is 1.56. The summed E-state index contributed by atoms with van der Waals surface area (Å²) in [6.07, 6.45) is 0. The Morgan fingerprint density at radius 3 is 2.63 bits per heavy atom. The number of aromatic hydroxyl groups is 1. The summed E-state index contributed by atoms with van der Waals surface area (Å²) in [4.78, 5) is 32.9. The van der Waals surface area contributed by atoms with Crippen LogP contribution in [-0.4, -0.2) is 47.2 Å². The molecule has 1 amide bonds. The summed E-state index contributed by atoms with van der Waals surface area (Å²) < 4.78 is 17.3. The van der Waals surface area contributed by atoms with Crippen LogP contribution in [0.25, 0.3) is 16.0 Å². The fourth-order valence-electron chi connectivity index (χ4n) is 4.68. The number of aliphatic hydroxyl groups excluding tert-OH is 1. The molecule has 1 saturated heterocycles. The van der Waals surface area contributed by atoms with Gasteiger partial charge >= 0.3 is 5.91 Å².